The minimum absolute atomic E-state index is 0.0106. The highest BCUT2D eigenvalue weighted by atomic mass is 35.5. The second kappa shape index (κ2) is 6.78. The van der Waals surface area contributed by atoms with E-state index in [1.165, 1.54) is 0 Å². The van der Waals surface area contributed by atoms with E-state index in [0.29, 0.717) is 5.02 Å². The monoisotopic (exact) mass is 282 g/mol. The van der Waals surface area contributed by atoms with Gasteiger partial charge in [0.25, 0.3) is 0 Å². The van der Waals surface area contributed by atoms with Gasteiger partial charge in [0.2, 0.25) is 5.91 Å². The number of ether oxygens (including phenoxy) is 1. The summed E-state index contributed by atoms with van der Waals surface area (Å²) < 4.78 is 5.25. The van der Waals surface area contributed by atoms with Crippen LogP contribution in [0.1, 0.15) is 18.4 Å². The summed E-state index contributed by atoms with van der Waals surface area (Å²) in [4.78, 5) is 11.8. The van der Waals surface area contributed by atoms with Crippen LogP contribution in [0.3, 0.4) is 0 Å². The van der Waals surface area contributed by atoms with Crippen molar-refractivity contribution in [2.45, 2.75) is 25.8 Å². The van der Waals surface area contributed by atoms with Crippen molar-refractivity contribution in [2.75, 3.05) is 25.1 Å². The number of anilines is 1. The van der Waals surface area contributed by atoms with Crippen molar-refractivity contribution < 1.29 is 9.53 Å². The molecule has 2 rings (SSSR count). The molecular formula is C14H19ClN2O2. The molecule has 1 fully saturated rings. The number of aryl methyl sites for hydroxylation is 1. The summed E-state index contributed by atoms with van der Waals surface area (Å²) in [5, 5.41) is 6.69. The maximum absolute atomic E-state index is 11.8. The van der Waals surface area contributed by atoms with Gasteiger partial charge in [0.1, 0.15) is 0 Å². The Bertz CT molecular complexity index is 445. The van der Waals surface area contributed by atoms with Crippen molar-refractivity contribution in [2.24, 2.45) is 0 Å². The zero-order valence-corrected chi connectivity index (χ0v) is 11.8. The average molecular weight is 283 g/mol. The number of amides is 1. The Hall–Kier alpha value is -1.26. The van der Waals surface area contributed by atoms with Crippen molar-refractivity contribution in [1.29, 1.82) is 0 Å². The van der Waals surface area contributed by atoms with E-state index < -0.39 is 0 Å². The third kappa shape index (κ3) is 4.40. The molecule has 1 aliphatic heterocycles. The van der Waals surface area contributed by atoms with Crippen LogP contribution in [0, 0.1) is 6.92 Å². The molecule has 0 unspecified atom stereocenters. The second-order valence-electron chi connectivity index (χ2n) is 4.79. The smallest absolute Gasteiger partial charge is 0.239 e. The molecule has 1 amide bonds. The first-order valence-corrected chi connectivity index (χ1v) is 6.90. The number of carbonyl (C=O) groups is 1. The van der Waals surface area contributed by atoms with Gasteiger partial charge in [-0.1, -0.05) is 17.7 Å². The largest absolute Gasteiger partial charge is 0.381 e. The highest BCUT2D eigenvalue weighted by Gasteiger charge is 2.15. The lowest BCUT2D eigenvalue weighted by molar-refractivity contribution is -0.120. The quantitative estimate of drug-likeness (QED) is 0.891. The number of hydrogen-bond acceptors (Lipinski definition) is 3. The maximum atomic E-state index is 11.8. The van der Waals surface area contributed by atoms with Crippen molar-refractivity contribution in [3.05, 3.63) is 28.8 Å². The van der Waals surface area contributed by atoms with Crippen LogP contribution >= 0.6 is 11.6 Å². The van der Waals surface area contributed by atoms with Gasteiger partial charge in [-0.3, -0.25) is 4.79 Å². The highest BCUT2D eigenvalue weighted by molar-refractivity contribution is 6.33. The predicted molar refractivity (Wildman–Crippen MR) is 76.7 cm³/mol. The van der Waals surface area contributed by atoms with Crippen LogP contribution in [-0.2, 0) is 9.53 Å². The molecule has 0 atom stereocenters. The van der Waals surface area contributed by atoms with Crippen LogP contribution in [-0.4, -0.2) is 31.7 Å². The minimum atomic E-state index is -0.0106. The van der Waals surface area contributed by atoms with Gasteiger partial charge in [-0.05, 0) is 37.5 Å². The Labute approximate surface area is 118 Å². The number of benzene rings is 1. The fraction of sp³-hybridized carbons (Fsp3) is 0.500. The normalized spacial score (nSPS) is 16.1. The van der Waals surface area contributed by atoms with Crippen LogP contribution < -0.4 is 10.6 Å². The van der Waals surface area contributed by atoms with Gasteiger partial charge in [0, 0.05) is 19.3 Å². The van der Waals surface area contributed by atoms with Crippen molar-refractivity contribution in [3.8, 4) is 0 Å². The van der Waals surface area contributed by atoms with Gasteiger partial charge in [-0.2, -0.15) is 0 Å². The van der Waals surface area contributed by atoms with Gasteiger partial charge in [0.05, 0.1) is 17.3 Å². The molecule has 1 aromatic rings. The third-order valence-corrected chi connectivity index (χ3v) is 3.46. The predicted octanol–water partition coefficient (Wildman–Crippen LogP) is 2.36. The Balaban J connectivity index is 1.79. The zero-order chi connectivity index (χ0) is 13.7. The first kappa shape index (κ1) is 14.2. The SMILES string of the molecule is Cc1ccc(NCC(=O)NC2CCOCC2)c(Cl)c1. The molecule has 0 saturated carbocycles. The number of hydrogen-bond donors (Lipinski definition) is 2. The van der Waals surface area contributed by atoms with Crippen LogP contribution in [0.25, 0.3) is 0 Å². The van der Waals surface area contributed by atoms with Gasteiger partial charge < -0.3 is 15.4 Å². The lowest BCUT2D eigenvalue weighted by atomic mass is 10.1. The number of rotatable bonds is 4. The molecule has 0 aromatic heterocycles. The van der Waals surface area contributed by atoms with Crippen molar-refractivity contribution >= 4 is 23.2 Å². The summed E-state index contributed by atoms with van der Waals surface area (Å²) >= 11 is 6.09. The van der Waals surface area contributed by atoms with E-state index in [-0.39, 0.29) is 18.5 Å². The number of halogens is 1. The fourth-order valence-electron chi connectivity index (χ4n) is 2.06. The summed E-state index contributed by atoms with van der Waals surface area (Å²) in [6.45, 7) is 3.66. The summed E-state index contributed by atoms with van der Waals surface area (Å²) in [6, 6.07) is 5.96. The van der Waals surface area contributed by atoms with Gasteiger partial charge in [0.15, 0.2) is 0 Å². The zero-order valence-electron chi connectivity index (χ0n) is 11.0. The van der Waals surface area contributed by atoms with Crippen LogP contribution in [0.15, 0.2) is 18.2 Å². The molecular weight excluding hydrogens is 264 g/mol. The molecule has 2 N–H and O–H groups in total. The molecule has 4 nitrogen and oxygen atoms in total. The van der Waals surface area contributed by atoms with E-state index in [9.17, 15) is 4.79 Å². The number of nitrogens with one attached hydrogen (secondary N) is 2. The topological polar surface area (TPSA) is 50.4 Å². The van der Waals surface area contributed by atoms with E-state index in [1.807, 2.05) is 25.1 Å². The minimum Gasteiger partial charge on any atom is -0.381 e. The molecule has 5 heteroatoms. The van der Waals surface area contributed by atoms with Crippen molar-refractivity contribution in [3.63, 3.8) is 0 Å². The Morgan fingerprint density at radius 2 is 2.16 bits per heavy atom. The molecule has 1 heterocycles. The molecule has 0 spiro atoms. The molecule has 0 bridgehead atoms. The van der Waals surface area contributed by atoms with Gasteiger partial charge >= 0.3 is 0 Å². The third-order valence-electron chi connectivity index (χ3n) is 3.15. The lowest BCUT2D eigenvalue weighted by Gasteiger charge is -2.23. The molecule has 104 valence electrons. The van der Waals surface area contributed by atoms with Gasteiger partial charge in [-0.25, -0.2) is 0 Å². The van der Waals surface area contributed by atoms with Crippen LogP contribution in [0.5, 0.6) is 0 Å². The number of carbonyl (C=O) groups excluding carboxylic acids is 1. The highest BCUT2D eigenvalue weighted by Crippen LogP contribution is 2.22. The van der Waals surface area contributed by atoms with Gasteiger partial charge in [-0.15, -0.1) is 0 Å². The van der Waals surface area contributed by atoms with E-state index >= 15 is 0 Å². The molecule has 1 aromatic carbocycles. The maximum Gasteiger partial charge on any atom is 0.239 e. The molecule has 19 heavy (non-hydrogen) atoms. The van der Waals surface area contributed by atoms with Crippen LogP contribution in [0.4, 0.5) is 5.69 Å². The van der Waals surface area contributed by atoms with E-state index in [0.717, 1.165) is 37.3 Å². The summed E-state index contributed by atoms with van der Waals surface area (Å²) in [6.07, 6.45) is 1.77. The van der Waals surface area contributed by atoms with E-state index in [2.05, 4.69) is 10.6 Å². The van der Waals surface area contributed by atoms with E-state index in [4.69, 9.17) is 16.3 Å². The van der Waals surface area contributed by atoms with Crippen LogP contribution in [0.2, 0.25) is 5.02 Å². The Morgan fingerprint density at radius 3 is 2.84 bits per heavy atom. The average Bonchev–Trinajstić information content (AvgIpc) is 2.39. The van der Waals surface area contributed by atoms with E-state index in [1.54, 1.807) is 0 Å². The van der Waals surface area contributed by atoms with Crippen molar-refractivity contribution in [1.82, 2.24) is 5.32 Å². The first-order chi connectivity index (χ1) is 9.15. The molecule has 1 aliphatic rings. The summed E-state index contributed by atoms with van der Waals surface area (Å²) in [5.74, 6) is -0.0106. The summed E-state index contributed by atoms with van der Waals surface area (Å²) in [7, 11) is 0. The molecule has 1 saturated heterocycles. The Morgan fingerprint density at radius 1 is 1.42 bits per heavy atom. The Kier molecular flexibility index (Phi) is 5.05. The summed E-state index contributed by atoms with van der Waals surface area (Å²) in [5.41, 5.74) is 1.89. The fourth-order valence-corrected chi connectivity index (χ4v) is 2.36. The molecule has 0 aliphatic carbocycles. The lowest BCUT2D eigenvalue weighted by Crippen LogP contribution is -2.41. The standard InChI is InChI=1S/C14H19ClN2O2/c1-10-2-3-13(12(15)8-10)16-9-14(18)17-11-4-6-19-7-5-11/h2-3,8,11,16H,4-7,9H2,1H3,(H,17,18). The first-order valence-electron chi connectivity index (χ1n) is 6.52. The second-order valence-corrected chi connectivity index (χ2v) is 5.20. The molecule has 0 radical (unpaired) electrons.